The van der Waals surface area contributed by atoms with Gasteiger partial charge in [0.05, 0.1) is 6.54 Å². The third kappa shape index (κ3) is 4.16. The summed E-state index contributed by atoms with van der Waals surface area (Å²) in [6.07, 6.45) is 5.63. The van der Waals surface area contributed by atoms with Crippen molar-refractivity contribution >= 4 is 11.7 Å². The molecule has 1 saturated heterocycles. The van der Waals surface area contributed by atoms with Crippen molar-refractivity contribution in [3.05, 3.63) is 18.1 Å². The van der Waals surface area contributed by atoms with Crippen LogP contribution in [0.1, 0.15) is 38.4 Å². The Hall–Kier alpha value is -1.69. The van der Waals surface area contributed by atoms with Gasteiger partial charge in [-0.15, -0.1) is 0 Å². The Morgan fingerprint density at radius 1 is 1.55 bits per heavy atom. The number of anilines is 1. The zero-order chi connectivity index (χ0) is 14.4. The number of carbonyl (C=O) groups excluding carboxylic acids is 1. The van der Waals surface area contributed by atoms with Gasteiger partial charge in [-0.1, -0.05) is 6.42 Å². The standard InChI is InChI=1S/C14H23N5O/c1-2-16-14(20)9-11-5-3-4-8-19(11)10-13-17-7-6-12(15)18-13/h6-7,11H,2-5,8-10H2,1H3,(H,16,20)(H2,15,17,18). The van der Waals surface area contributed by atoms with E-state index in [1.54, 1.807) is 12.3 Å². The van der Waals surface area contributed by atoms with Gasteiger partial charge in [-0.3, -0.25) is 9.69 Å². The second kappa shape index (κ2) is 7.19. The van der Waals surface area contributed by atoms with Crippen molar-refractivity contribution in [2.24, 2.45) is 0 Å². The summed E-state index contributed by atoms with van der Waals surface area (Å²) in [6.45, 7) is 4.28. The molecule has 2 heterocycles. The first kappa shape index (κ1) is 14.7. The highest BCUT2D eigenvalue weighted by Crippen LogP contribution is 2.21. The predicted octanol–water partition coefficient (Wildman–Crippen LogP) is 0.940. The van der Waals surface area contributed by atoms with Crippen molar-refractivity contribution in [3.63, 3.8) is 0 Å². The van der Waals surface area contributed by atoms with Crippen LogP contribution in [-0.2, 0) is 11.3 Å². The SMILES string of the molecule is CCNC(=O)CC1CCCCN1Cc1nccc(N)n1. The van der Waals surface area contributed by atoms with Crippen LogP contribution in [0.4, 0.5) is 5.82 Å². The summed E-state index contributed by atoms with van der Waals surface area (Å²) < 4.78 is 0. The van der Waals surface area contributed by atoms with Crippen molar-refractivity contribution in [2.45, 2.75) is 45.2 Å². The van der Waals surface area contributed by atoms with Crippen molar-refractivity contribution in [2.75, 3.05) is 18.8 Å². The first-order chi connectivity index (χ1) is 9.69. The molecular weight excluding hydrogens is 254 g/mol. The second-order valence-corrected chi connectivity index (χ2v) is 5.18. The fourth-order valence-electron chi connectivity index (χ4n) is 2.66. The van der Waals surface area contributed by atoms with Crippen LogP contribution in [0, 0.1) is 0 Å². The highest BCUT2D eigenvalue weighted by atomic mass is 16.1. The average Bonchev–Trinajstić information content (AvgIpc) is 2.41. The van der Waals surface area contributed by atoms with E-state index in [0.29, 0.717) is 25.3 Å². The Bertz CT molecular complexity index is 451. The number of aromatic nitrogens is 2. The monoisotopic (exact) mass is 277 g/mol. The van der Waals surface area contributed by atoms with Gasteiger partial charge in [-0.25, -0.2) is 9.97 Å². The molecular formula is C14H23N5O. The first-order valence-corrected chi connectivity index (χ1v) is 7.27. The summed E-state index contributed by atoms with van der Waals surface area (Å²) in [5, 5.41) is 2.87. The number of hydrogen-bond donors (Lipinski definition) is 2. The normalized spacial score (nSPS) is 19.8. The number of rotatable bonds is 5. The molecule has 2 rings (SSSR count). The van der Waals surface area contributed by atoms with E-state index in [-0.39, 0.29) is 11.9 Å². The number of nitrogens with one attached hydrogen (secondary N) is 1. The van der Waals surface area contributed by atoms with Crippen LogP contribution in [0.2, 0.25) is 0 Å². The Balaban J connectivity index is 1.97. The quantitative estimate of drug-likeness (QED) is 0.836. The van der Waals surface area contributed by atoms with E-state index >= 15 is 0 Å². The smallest absolute Gasteiger partial charge is 0.221 e. The van der Waals surface area contributed by atoms with E-state index in [4.69, 9.17) is 5.73 Å². The fourth-order valence-corrected chi connectivity index (χ4v) is 2.66. The molecule has 0 spiro atoms. The van der Waals surface area contributed by atoms with Gasteiger partial charge in [0.25, 0.3) is 0 Å². The van der Waals surface area contributed by atoms with Crippen LogP contribution >= 0.6 is 0 Å². The molecule has 6 nitrogen and oxygen atoms in total. The molecule has 1 amide bonds. The number of nitrogens with two attached hydrogens (primary N) is 1. The van der Waals surface area contributed by atoms with Gasteiger partial charge < -0.3 is 11.1 Å². The van der Waals surface area contributed by atoms with Crippen molar-refractivity contribution in [3.8, 4) is 0 Å². The Kier molecular flexibility index (Phi) is 5.29. The zero-order valence-electron chi connectivity index (χ0n) is 12.0. The molecule has 0 aromatic carbocycles. The van der Waals surface area contributed by atoms with E-state index in [1.165, 1.54) is 6.42 Å². The minimum Gasteiger partial charge on any atom is -0.384 e. The lowest BCUT2D eigenvalue weighted by atomic mass is 9.99. The molecule has 1 fully saturated rings. The Labute approximate surface area is 119 Å². The molecule has 1 aromatic rings. The number of likely N-dealkylation sites (tertiary alicyclic amines) is 1. The van der Waals surface area contributed by atoms with Crippen LogP contribution in [0.5, 0.6) is 0 Å². The topological polar surface area (TPSA) is 84.1 Å². The van der Waals surface area contributed by atoms with Crippen LogP contribution in [0.3, 0.4) is 0 Å². The van der Waals surface area contributed by atoms with E-state index in [2.05, 4.69) is 20.2 Å². The molecule has 0 aliphatic carbocycles. The van der Waals surface area contributed by atoms with E-state index in [1.807, 2.05) is 6.92 Å². The van der Waals surface area contributed by atoms with Gasteiger partial charge in [-0.05, 0) is 32.4 Å². The fraction of sp³-hybridized carbons (Fsp3) is 0.643. The minimum atomic E-state index is 0.123. The molecule has 1 aliphatic heterocycles. The molecule has 0 radical (unpaired) electrons. The first-order valence-electron chi connectivity index (χ1n) is 7.27. The number of nitrogen functional groups attached to an aromatic ring is 1. The Morgan fingerprint density at radius 3 is 3.15 bits per heavy atom. The van der Waals surface area contributed by atoms with Crippen LogP contribution in [0.15, 0.2) is 12.3 Å². The van der Waals surface area contributed by atoms with Gasteiger partial charge >= 0.3 is 0 Å². The zero-order valence-corrected chi connectivity index (χ0v) is 12.0. The lowest BCUT2D eigenvalue weighted by Gasteiger charge is -2.34. The van der Waals surface area contributed by atoms with Gasteiger partial charge in [-0.2, -0.15) is 0 Å². The lowest BCUT2D eigenvalue weighted by Crippen LogP contribution is -2.42. The molecule has 1 unspecified atom stereocenters. The van der Waals surface area contributed by atoms with Gasteiger partial charge in [0.1, 0.15) is 11.6 Å². The van der Waals surface area contributed by atoms with Gasteiger partial charge in [0, 0.05) is 25.2 Å². The third-order valence-corrected chi connectivity index (χ3v) is 3.62. The lowest BCUT2D eigenvalue weighted by molar-refractivity contribution is -0.122. The van der Waals surface area contributed by atoms with Crippen molar-refractivity contribution in [1.82, 2.24) is 20.2 Å². The van der Waals surface area contributed by atoms with Gasteiger partial charge in [0.15, 0.2) is 0 Å². The molecule has 3 N–H and O–H groups in total. The largest absolute Gasteiger partial charge is 0.384 e. The summed E-state index contributed by atoms with van der Waals surface area (Å²) in [7, 11) is 0. The molecule has 1 aromatic heterocycles. The number of nitrogens with zero attached hydrogens (tertiary/aromatic N) is 3. The maximum atomic E-state index is 11.8. The average molecular weight is 277 g/mol. The minimum absolute atomic E-state index is 0.123. The highest BCUT2D eigenvalue weighted by molar-refractivity contribution is 5.76. The Morgan fingerprint density at radius 2 is 2.40 bits per heavy atom. The third-order valence-electron chi connectivity index (χ3n) is 3.62. The van der Waals surface area contributed by atoms with Crippen LogP contribution in [0.25, 0.3) is 0 Å². The summed E-state index contributed by atoms with van der Waals surface area (Å²) in [6, 6.07) is 1.96. The van der Waals surface area contributed by atoms with E-state index < -0.39 is 0 Å². The van der Waals surface area contributed by atoms with Crippen LogP contribution < -0.4 is 11.1 Å². The van der Waals surface area contributed by atoms with Crippen molar-refractivity contribution < 1.29 is 4.79 Å². The van der Waals surface area contributed by atoms with Crippen LogP contribution in [-0.4, -0.2) is 39.9 Å². The summed E-state index contributed by atoms with van der Waals surface area (Å²) in [4.78, 5) is 22.6. The number of piperidine rings is 1. The summed E-state index contributed by atoms with van der Waals surface area (Å²) >= 11 is 0. The number of carbonyl (C=O) groups is 1. The molecule has 6 heteroatoms. The number of amides is 1. The molecule has 20 heavy (non-hydrogen) atoms. The predicted molar refractivity (Wildman–Crippen MR) is 77.8 cm³/mol. The highest BCUT2D eigenvalue weighted by Gasteiger charge is 2.25. The summed E-state index contributed by atoms with van der Waals surface area (Å²) in [5.41, 5.74) is 5.68. The maximum absolute atomic E-state index is 11.8. The summed E-state index contributed by atoms with van der Waals surface area (Å²) in [5.74, 6) is 1.35. The molecule has 1 aliphatic rings. The second-order valence-electron chi connectivity index (χ2n) is 5.18. The number of hydrogen-bond acceptors (Lipinski definition) is 5. The van der Waals surface area contributed by atoms with E-state index in [0.717, 1.165) is 25.2 Å². The molecule has 0 bridgehead atoms. The molecule has 110 valence electrons. The van der Waals surface area contributed by atoms with Crippen molar-refractivity contribution in [1.29, 1.82) is 0 Å². The van der Waals surface area contributed by atoms with Gasteiger partial charge in [0.2, 0.25) is 5.91 Å². The molecule has 0 saturated carbocycles. The maximum Gasteiger partial charge on any atom is 0.221 e. The molecule has 1 atom stereocenters. The van der Waals surface area contributed by atoms with E-state index in [9.17, 15) is 4.79 Å².